The molecule has 2 aliphatic heterocycles. The third kappa shape index (κ3) is 6.65. The standard InChI is InChI=1S/C31H40N8O5/c1-5-43-25-14-26(28-24(15-32)17-34-39(28)19-25)23-6-7-27(33-16-23)37-10-8-31(9-11-37,35-29(40)44-21(2)3)20-36-12-13-38(30(41)42)22(4)18-36/h6-7,14,16-17,19,21-22H,5,8-13,18,20H2,1-4H3,(H,35,40)(H,41,42)/t22-/m0/s1. The minimum absolute atomic E-state index is 0.133. The Labute approximate surface area is 257 Å². The van der Waals surface area contributed by atoms with Crippen molar-refractivity contribution in [3.05, 3.63) is 42.4 Å². The number of aromatic nitrogens is 3. The number of nitrogens with one attached hydrogen (secondary N) is 1. The number of carbonyl (C=O) groups is 2. The molecule has 5 rings (SSSR count). The van der Waals surface area contributed by atoms with Gasteiger partial charge in [-0.3, -0.25) is 4.90 Å². The van der Waals surface area contributed by atoms with Crippen LogP contribution in [-0.2, 0) is 4.74 Å². The Kier molecular flexibility index (Phi) is 9.10. The largest absolute Gasteiger partial charge is 0.492 e. The Hall–Kier alpha value is -4.57. The highest BCUT2D eigenvalue weighted by Crippen LogP contribution is 2.33. The van der Waals surface area contributed by atoms with E-state index in [1.54, 1.807) is 23.1 Å². The van der Waals surface area contributed by atoms with Gasteiger partial charge >= 0.3 is 12.2 Å². The smallest absolute Gasteiger partial charge is 0.407 e. The van der Waals surface area contributed by atoms with Gasteiger partial charge in [0.1, 0.15) is 17.6 Å². The van der Waals surface area contributed by atoms with Gasteiger partial charge in [0.2, 0.25) is 0 Å². The molecule has 0 radical (unpaired) electrons. The van der Waals surface area contributed by atoms with E-state index in [1.807, 2.05) is 45.9 Å². The normalized spacial score (nSPS) is 18.7. The first-order valence-corrected chi connectivity index (χ1v) is 15.1. The average Bonchev–Trinajstić information content (AvgIpc) is 3.40. The summed E-state index contributed by atoms with van der Waals surface area (Å²) in [4.78, 5) is 35.0. The summed E-state index contributed by atoms with van der Waals surface area (Å²) in [5.74, 6) is 1.48. The van der Waals surface area contributed by atoms with Gasteiger partial charge in [0.25, 0.3) is 0 Å². The van der Waals surface area contributed by atoms with Crippen LogP contribution in [0, 0.1) is 11.3 Å². The fourth-order valence-corrected chi connectivity index (χ4v) is 6.21. The van der Waals surface area contributed by atoms with Gasteiger partial charge in [0.15, 0.2) is 0 Å². The Bertz CT molecular complexity index is 1520. The lowest BCUT2D eigenvalue weighted by atomic mass is 9.86. The zero-order valence-electron chi connectivity index (χ0n) is 25.7. The van der Waals surface area contributed by atoms with Crippen LogP contribution in [0.4, 0.5) is 15.4 Å². The maximum atomic E-state index is 12.8. The number of fused-ring (bicyclic) bond motifs is 1. The maximum Gasteiger partial charge on any atom is 0.407 e. The highest BCUT2D eigenvalue weighted by molar-refractivity contribution is 5.85. The maximum absolute atomic E-state index is 12.8. The molecule has 1 atom stereocenters. The Morgan fingerprint density at radius 1 is 1.20 bits per heavy atom. The first-order valence-electron chi connectivity index (χ1n) is 15.1. The van der Waals surface area contributed by atoms with Crippen molar-refractivity contribution in [1.29, 1.82) is 5.26 Å². The minimum Gasteiger partial charge on any atom is -0.492 e. The van der Waals surface area contributed by atoms with Crippen molar-refractivity contribution in [3.8, 4) is 22.9 Å². The molecule has 2 saturated heterocycles. The second-order valence-corrected chi connectivity index (χ2v) is 11.8. The van der Waals surface area contributed by atoms with E-state index in [0.717, 1.165) is 16.9 Å². The molecule has 13 nitrogen and oxygen atoms in total. The molecule has 0 aliphatic carbocycles. The fraction of sp³-hybridized carbons (Fsp3) is 0.516. The molecule has 0 unspecified atom stereocenters. The molecule has 0 saturated carbocycles. The van der Waals surface area contributed by atoms with E-state index >= 15 is 0 Å². The molecular formula is C31H40N8O5. The van der Waals surface area contributed by atoms with Crippen molar-refractivity contribution < 1.29 is 24.2 Å². The molecule has 0 bridgehead atoms. The number of hydrogen-bond acceptors (Lipinski definition) is 9. The van der Waals surface area contributed by atoms with Gasteiger partial charge < -0.3 is 29.7 Å². The number of alkyl carbamates (subject to hydrolysis) is 1. The monoisotopic (exact) mass is 604 g/mol. The summed E-state index contributed by atoms with van der Waals surface area (Å²) in [6.45, 7) is 11.6. The first kappa shape index (κ1) is 30.9. The van der Waals surface area contributed by atoms with Crippen LogP contribution in [0.1, 0.15) is 46.1 Å². The number of rotatable bonds is 8. The molecule has 44 heavy (non-hydrogen) atoms. The van der Waals surface area contributed by atoms with Crippen LogP contribution in [0.2, 0.25) is 0 Å². The van der Waals surface area contributed by atoms with Crippen LogP contribution >= 0.6 is 0 Å². The van der Waals surface area contributed by atoms with Crippen molar-refractivity contribution in [2.75, 3.05) is 50.8 Å². The molecule has 2 amide bonds. The van der Waals surface area contributed by atoms with Gasteiger partial charge in [-0.25, -0.2) is 19.1 Å². The van der Waals surface area contributed by atoms with Gasteiger partial charge in [-0.1, -0.05) is 0 Å². The highest BCUT2D eigenvalue weighted by Gasteiger charge is 2.40. The average molecular weight is 605 g/mol. The molecule has 2 aliphatic rings. The predicted molar refractivity (Wildman–Crippen MR) is 164 cm³/mol. The van der Waals surface area contributed by atoms with E-state index in [4.69, 9.17) is 14.5 Å². The molecule has 3 aromatic rings. The van der Waals surface area contributed by atoms with Crippen LogP contribution in [-0.4, -0.2) is 105 Å². The summed E-state index contributed by atoms with van der Waals surface area (Å²) in [5.41, 5.74) is 2.31. The Balaban J connectivity index is 1.32. The topological polar surface area (TPSA) is 149 Å². The summed E-state index contributed by atoms with van der Waals surface area (Å²) in [5, 5.41) is 26.6. The van der Waals surface area contributed by atoms with Gasteiger partial charge in [-0.15, -0.1) is 0 Å². The molecular weight excluding hydrogens is 564 g/mol. The summed E-state index contributed by atoms with van der Waals surface area (Å²) in [6, 6.07) is 7.96. The van der Waals surface area contributed by atoms with Crippen LogP contribution in [0.3, 0.4) is 0 Å². The zero-order chi connectivity index (χ0) is 31.4. The van der Waals surface area contributed by atoms with Crippen molar-refractivity contribution in [2.24, 2.45) is 0 Å². The number of carboxylic acid groups (broad SMARTS) is 1. The lowest BCUT2D eigenvalue weighted by Gasteiger charge is -2.47. The molecule has 5 heterocycles. The van der Waals surface area contributed by atoms with Gasteiger partial charge in [-0.2, -0.15) is 10.4 Å². The number of ether oxygens (including phenoxy) is 2. The number of anilines is 1. The van der Waals surface area contributed by atoms with Gasteiger partial charge in [0.05, 0.1) is 41.7 Å². The summed E-state index contributed by atoms with van der Waals surface area (Å²) in [6.07, 6.45) is 4.89. The van der Waals surface area contributed by atoms with Crippen molar-refractivity contribution in [2.45, 2.75) is 58.2 Å². The quantitative estimate of drug-likeness (QED) is 0.389. The summed E-state index contributed by atoms with van der Waals surface area (Å²) < 4.78 is 12.9. The van der Waals surface area contributed by atoms with E-state index < -0.39 is 17.7 Å². The van der Waals surface area contributed by atoms with E-state index in [2.05, 4.69) is 26.3 Å². The number of pyridine rings is 2. The van der Waals surface area contributed by atoms with Crippen LogP contribution in [0.5, 0.6) is 5.75 Å². The summed E-state index contributed by atoms with van der Waals surface area (Å²) in [7, 11) is 0. The molecule has 2 N–H and O–H groups in total. The Morgan fingerprint density at radius 3 is 2.59 bits per heavy atom. The highest BCUT2D eigenvalue weighted by atomic mass is 16.6. The number of amides is 2. The molecule has 3 aromatic heterocycles. The summed E-state index contributed by atoms with van der Waals surface area (Å²) >= 11 is 0. The molecule has 0 spiro atoms. The minimum atomic E-state index is -0.903. The van der Waals surface area contributed by atoms with Gasteiger partial charge in [0, 0.05) is 62.6 Å². The van der Waals surface area contributed by atoms with Crippen LogP contribution in [0.15, 0.2) is 36.8 Å². The van der Waals surface area contributed by atoms with Gasteiger partial charge in [-0.05, 0) is 58.7 Å². The molecule has 234 valence electrons. The van der Waals surface area contributed by atoms with E-state index in [-0.39, 0.29) is 12.1 Å². The number of nitriles is 1. The van der Waals surface area contributed by atoms with Crippen molar-refractivity contribution in [1.82, 2.24) is 29.7 Å². The number of hydrogen-bond donors (Lipinski definition) is 2. The zero-order valence-corrected chi connectivity index (χ0v) is 25.7. The second kappa shape index (κ2) is 13.0. The molecule has 2 fully saturated rings. The third-order valence-corrected chi connectivity index (χ3v) is 8.32. The number of piperidine rings is 1. The molecule has 13 heteroatoms. The van der Waals surface area contributed by atoms with Crippen LogP contribution < -0.4 is 15.0 Å². The lowest BCUT2D eigenvalue weighted by Crippen LogP contribution is -2.64. The first-order chi connectivity index (χ1) is 21.1. The number of nitrogens with zero attached hydrogens (tertiary/aromatic N) is 7. The van der Waals surface area contributed by atoms with Crippen LogP contribution in [0.25, 0.3) is 16.6 Å². The fourth-order valence-electron chi connectivity index (χ4n) is 6.21. The Morgan fingerprint density at radius 2 is 1.98 bits per heavy atom. The predicted octanol–water partition coefficient (Wildman–Crippen LogP) is 3.82. The van der Waals surface area contributed by atoms with E-state index in [9.17, 15) is 20.0 Å². The van der Waals surface area contributed by atoms with E-state index in [0.29, 0.717) is 75.5 Å². The number of carbonyl (C=O) groups excluding carboxylic acids is 1. The van der Waals surface area contributed by atoms with Crippen molar-refractivity contribution in [3.63, 3.8) is 0 Å². The molecule has 0 aromatic carbocycles. The SMILES string of the molecule is CCOc1cc(-c2ccc(N3CCC(CN4CCN(C(=O)O)[C@@H](C)C4)(NC(=O)OC(C)C)CC3)nc2)c2c(C#N)cnn2c1. The van der Waals surface area contributed by atoms with E-state index in [1.165, 1.54) is 4.90 Å². The lowest BCUT2D eigenvalue weighted by molar-refractivity contribution is 0.0498. The second-order valence-electron chi connectivity index (χ2n) is 11.8. The number of piperazine rings is 1. The van der Waals surface area contributed by atoms with Crippen molar-refractivity contribution >= 4 is 23.5 Å². The third-order valence-electron chi connectivity index (χ3n) is 8.32.